The number of hydrogen-bond acceptors (Lipinski definition) is 3. The van der Waals surface area contributed by atoms with E-state index in [9.17, 15) is 14.3 Å². The first kappa shape index (κ1) is 20.6. The largest absolute Gasteiger partial charge is 0.465 e. The van der Waals surface area contributed by atoms with Crippen LogP contribution < -0.4 is 9.91 Å². The second-order valence-corrected chi connectivity index (χ2v) is 7.10. The van der Waals surface area contributed by atoms with Gasteiger partial charge in [0.15, 0.2) is 5.82 Å². The van der Waals surface area contributed by atoms with Crippen molar-refractivity contribution in [3.63, 3.8) is 0 Å². The molecule has 154 valence electrons. The number of carbonyl (C=O) groups is 1. The molecule has 0 saturated carbocycles. The topological polar surface area (TPSA) is 61.6 Å². The minimum Gasteiger partial charge on any atom is -0.465 e. The van der Waals surface area contributed by atoms with Crippen molar-refractivity contribution < 1.29 is 14.3 Å². The summed E-state index contributed by atoms with van der Waals surface area (Å²) >= 11 is 0. The lowest BCUT2D eigenvalue weighted by Crippen LogP contribution is -2.31. The molecule has 1 N–H and O–H groups in total. The average molecular weight is 398 g/mol. The monoisotopic (exact) mass is 398 g/mol. The van der Waals surface area contributed by atoms with Gasteiger partial charge in [0.05, 0.1) is 17.4 Å². The van der Waals surface area contributed by atoms with Crippen LogP contribution in [-0.4, -0.2) is 33.9 Å². The van der Waals surface area contributed by atoms with Gasteiger partial charge >= 0.3 is 6.09 Å². The summed E-state index contributed by atoms with van der Waals surface area (Å²) in [5.74, 6) is -0.381. The number of rotatable bonds is 8. The van der Waals surface area contributed by atoms with Crippen LogP contribution in [0.4, 0.5) is 20.6 Å². The number of nitrogens with zero attached hydrogens (tertiary/aromatic N) is 4. The Balaban J connectivity index is 2.08. The predicted molar refractivity (Wildman–Crippen MR) is 114 cm³/mol. The van der Waals surface area contributed by atoms with Gasteiger partial charge < -0.3 is 5.11 Å². The van der Waals surface area contributed by atoms with E-state index in [0.717, 1.165) is 35.7 Å². The molecule has 0 saturated heterocycles. The van der Waals surface area contributed by atoms with E-state index in [1.807, 2.05) is 54.9 Å². The zero-order valence-corrected chi connectivity index (χ0v) is 17.1. The van der Waals surface area contributed by atoms with Gasteiger partial charge in [-0.3, -0.25) is 19.6 Å². The lowest BCUT2D eigenvalue weighted by molar-refractivity contribution is 0.201. The van der Waals surface area contributed by atoms with E-state index in [2.05, 4.69) is 4.98 Å². The van der Waals surface area contributed by atoms with Gasteiger partial charge in [0.2, 0.25) is 0 Å². The second-order valence-electron chi connectivity index (χ2n) is 7.10. The normalized spacial score (nSPS) is 11.0. The molecule has 1 amide bonds. The van der Waals surface area contributed by atoms with Crippen LogP contribution in [0.25, 0.3) is 10.9 Å². The molecule has 3 rings (SSSR count). The number of hydrogen-bond donors (Lipinski definition) is 1. The van der Waals surface area contributed by atoms with Crippen molar-refractivity contribution in [2.24, 2.45) is 0 Å². The molecule has 7 heteroatoms. The molecule has 1 aromatic carbocycles. The summed E-state index contributed by atoms with van der Waals surface area (Å²) in [7, 11) is 0. The highest BCUT2D eigenvalue weighted by molar-refractivity contribution is 5.93. The molecule has 29 heavy (non-hydrogen) atoms. The molecule has 0 spiro atoms. The predicted octanol–water partition coefficient (Wildman–Crippen LogP) is 5.45. The highest BCUT2D eigenvalue weighted by atomic mass is 19.1. The molecule has 2 heterocycles. The molecule has 0 aliphatic carbocycles. The summed E-state index contributed by atoms with van der Waals surface area (Å²) in [6, 6.07) is 7.28. The first-order chi connectivity index (χ1) is 14.0. The van der Waals surface area contributed by atoms with Crippen LogP contribution in [0.15, 0.2) is 42.9 Å². The summed E-state index contributed by atoms with van der Waals surface area (Å²) < 4.78 is 16.4. The van der Waals surface area contributed by atoms with Crippen molar-refractivity contribution in [1.82, 2.24) is 9.66 Å². The molecule has 0 radical (unpaired) electrons. The minimum atomic E-state index is -0.957. The third kappa shape index (κ3) is 4.18. The maximum absolute atomic E-state index is 14.4. The van der Waals surface area contributed by atoms with E-state index in [-0.39, 0.29) is 5.82 Å². The molecule has 3 aromatic rings. The van der Waals surface area contributed by atoms with Gasteiger partial charge in [0.25, 0.3) is 0 Å². The van der Waals surface area contributed by atoms with Gasteiger partial charge in [-0.2, -0.15) is 0 Å². The Labute approximate surface area is 170 Å². The number of anilines is 2. The number of aryl methyl sites for hydroxylation is 1. The Morgan fingerprint density at radius 3 is 2.66 bits per heavy atom. The molecule has 0 atom stereocenters. The number of pyridine rings is 1. The van der Waals surface area contributed by atoms with Crippen molar-refractivity contribution in [3.8, 4) is 0 Å². The fourth-order valence-electron chi connectivity index (χ4n) is 3.51. The average Bonchev–Trinajstić information content (AvgIpc) is 3.03. The first-order valence-electron chi connectivity index (χ1n) is 9.97. The van der Waals surface area contributed by atoms with Gasteiger partial charge in [-0.1, -0.05) is 20.3 Å². The number of amides is 1. The maximum atomic E-state index is 14.4. The van der Waals surface area contributed by atoms with Gasteiger partial charge in [0, 0.05) is 36.6 Å². The van der Waals surface area contributed by atoms with E-state index in [4.69, 9.17) is 0 Å². The van der Waals surface area contributed by atoms with Crippen LogP contribution in [0.3, 0.4) is 0 Å². The molecule has 0 fully saturated rings. The Bertz CT molecular complexity index is 1000. The van der Waals surface area contributed by atoms with Crippen LogP contribution in [0, 0.1) is 12.7 Å². The molecule has 2 aromatic heterocycles. The summed E-state index contributed by atoms with van der Waals surface area (Å²) in [4.78, 5) is 16.9. The quantitative estimate of drug-likeness (QED) is 0.548. The third-order valence-corrected chi connectivity index (χ3v) is 4.97. The van der Waals surface area contributed by atoms with Crippen LogP contribution in [0.5, 0.6) is 0 Å². The van der Waals surface area contributed by atoms with E-state index in [1.165, 1.54) is 11.1 Å². The molecule has 0 bridgehead atoms. The van der Waals surface area contributed by atoms with Gasteiger partial charge in [-0.25, -0.2) is 9.18 Å². The lowest BCUT2D eigenvalue weighted by Gasteiger charge is -2.27. The summed E-state index contributed by atoms with van der Waals surface area (Å²) in [6.07, 6.45) is 6.36. The molecule has 6 nitrogen and oxygen atoms in total. The highest BCUT2D eigenvalue weighted by Gasteiger charge is 2.19. The second kappa shape index (κ2) is 8.94. The van der Waals surface area contributed by atoms with Gasteiger partial charge in [0.1, 0.15) is 0 Å². The van der Waals surface area contributed by atoms with E-state index in [0.29, 0.717) is 24.5 Å². The van der Waals surface area contributed by atoms with Crippen molar-refractivity contribution in [3.05, 3.63) is 54.2 Å². The number of carboxylic acid groups (broad SMARTS) is 1. The zero-order valence-electron chi connectivity index (χ0n) is 17.1. The molecular weight excluding hydrogens is 371 g/mol. The Hall–Kier alpha value is -3.09. The van der Waals surface area contributed by atoms with Crippen molar-refractivity contribution in [1.29, 1.82) is 0 Å². The number of fused-ring (bicyclic) bond motifs is 1. The van der Waals surface area contributed by atoms with Gasteiger partial charge in [-0.05, 0) is 49.6 Å². The highest BCUT2D eigenvalue weighted by Crippen LogP contribution is 2.30. The fraction of sp³-hybridized carbons (Fsp3) is 0.364. The van der Waals surface area contributed by atoms with Crippen LogP contribution >= 0.6 is 0 Å². The van der Waals surface area contributed by atoms with Crippen LogP contribution in [0.2, 0.25) is 0 Å². The Kier molecular flexibility index (Phi) is 6.36. The summed E-state index contributed by atoms with van der Waals surface area (Å²) in [5, 5.41) is 12.4. The third-order valence-electron chi connectivity index (χ3n) is 4.97. The summed E-state index contributed by atoms with van der Waals surface area (Å²) in [6.45, 7) is 7.15. The number of benzene rings is 1. The fourth-order valence-corrected chi connectivity index (χ4v) is 3.51. The lowest BCUT2D eigenvalue weighted by atomic mass is 10.1. The maximum Gasteiger partial charge on any atom is 0.411 e. The van der Waals surface area contributed by atoms with E-state index in [1.54, 1.807) is 12.3 Å². The van der Waals surface area contributed by atoms with Crippen LogP contribution in [-0.2, 0) is 0 Å². The zero-order chi connectivity index (χ0) is 21.0. The molecule has 0 aliphatic rings. The molecule has 0 aliphatic heterocycles. The molecular formula is C22H27FN4O2. The standard InChI is InChI=1S/C22H27FN4O2/c1-4-6-12-25(22(28)29)17-7-8-20-18(13-17)16(3)15-27(20)26(11-5-2)21-9-10-24-14-19(21)23/h7-10,13-15H,4-6,11-12H2,1-3H3,(H,28,29). The van der Waals surface area contributed by atoms with E-state index < -0.39 is 6.09 Å². The van der Waals surface area contributed by atoms with Crippen LogP contribution in [0.1, 0.15) is 38.7 Å². The SMILES string of the molecule is CCCCN(C(=O)O)c1ccc2c(c1)c(C)cn2N(CCC)c1ccncc1F. The van der Waals surface area contributed by atoms with Gasteiger partial charge in [-0.15, -0.1) is 0 Å². The van der Waals surface area contributed by atoms with Crippen molar-refractivity contribution >= 4 is 28.4 Å². The van der Waals surface area contributed by atoms with E-state index >= 15 is 0 Å². The first-order valence-corrected chi connectivity index (χ1v) is 9.97. The van der Waals surface area contributed by atoms with Crippen molar-refractivity contribution in [2.75, 3.05) is 23.0 Å². The number of unbranched alkanes of at least 4 members (excludes halogenated alkanes) is 1. The number of halogens is 1. The minimum absolute atomic E-state index is 0.381. The Morgan fingerprint density at radius 1 is 1.21 bits per heavy atom. The summed E-state index contributed by atoms with van der Waals surface area (Å²) in [5.41, 5.74) is 3.00. The number of aromatic nitrogens is 2. The Morgan fingerprint density at radius 2 is 2.00 bits per heavy atom. The smallest absolute Gasteiger partial charge is 0.411 e. The molecule has 0 unspecified atom stereocenters. The van der Waals surface area contributed by atoms with Crippen molar-refractivity contribution in [2.45, 2.75) is 40.0 Å².